The molecule has 2 aromatic rings. The van der Waals surface area contributed by atoms with Gasteiger partial charge >= 0.3 is 0 Å². The molecule has 0 bridgehead atoms. The van der Waals surface area contributed by atoms with Gasteiger partial charge in [0.1, 0.15) is 11.6 Å². The fourth-order valence-corrected chi connectivity index (χ4v) is 3.44. The second kappa shape index (κ2) is 6.23. The Kier molecular flexibility index (Phi) is 3.88. The van der Waals surface area contributed by atoms with E-state index in [1.165, 1.54) is 35.4 Å². The molecule has 10 heteroatoms. The van der Waals surface area contributed by atoms with Crippen molar-refractivity contribution in [2.75, 3.05) is 0 Å². The van der Waals surface area contributed by atoms with Crippen LogP contribution in [0.4, 0.5) is 10.8 Å². The van der Waals surface area contributed by atoms with E-state index >= 15 is 0 Å². The summed E-state index contributed by atoms with van der Waals surface area (Å²) in [5, 5.41) is 12.7. The molecular weight excluding hydrogens is 358 g/mol. The molecule has 0 saturated carbocycles. The molecule has 1 amide bonds. The maximum atomic E-state index is 11.8. The molecule has 1 unspecified atom stereocenters. The first-order chi connectivity index (χ1) is 12.5. The molecule has 26 heavy (non-hydrogen) atoms. The summed E-state index contributed by atoms with van der Waals surface area (Å²) in [5.74, 6) is 1.06. The topological polar surface area (TPSA) is 110 Å². The summed E-state index contributed by atoms with van der Waals surface area (Å²) >= 11 is 1.25. The zero-order valence-electron chi connectivity index (χ0n) is 13.6. The number of nitro groups is 1. The molecule has 1 saturated heterocycles. The van der Waals surface area contributed by atoms with Gasteiger partial charge in [-0.25, -0.2) is 15.0 Å². The first kappa shape index (κ1) is 16.2. The molecule has 1 aromatic carbocycles. The van der Waals surface area contributed by atoms with E-state index in [9.17, 15) is 14.9 Å². The third kappa shape index (κ3) is 3.02. The van der Waals surface area contributed by atoms with E-state index in [2.05, 4.69) is 15.4 Å². The number of fused-ring (bicyclic) bond motifs is 1. The average Bonchev–Trinajstić information content (AvgIpc) is 3.13. The molecule has 1 aromatic heterocycles. The maximum absolute atomic E-state index is 11.8. The molecule has 4 rings (SSSR count). The summed E-state index contributed by atoms with van der Waals surface area (Å²) in [6.45, 7) is 1.44. The van der Waals surface area contributed by atoms with Gasteiger partial charge in [0, 0.05) is 19.1 Å². The number of hydrogen-bond donors (Lipinski definition) is 1. The number of rotatable bonds is 4. The molecule has 2 heterocycles. The highest BCUT2D eigenvalue weighted by Gasteiger charge is 2.33. The number of benzene rings is 1. The van der Waals surface area contributed by atoms with Crippen LogP contribution in [0.5, 0.6) is 0 Å². The van der Waals surface area contributed by atoms with Gasteiger partial charge in [-0.05, 0) is 18.2 Å². The smallest absolute Gasteiger partial charge is 0.270 e. The Balaban J connectivity index is 1.58. The minimum atomic E-state index is -0.488. The third-order valence-corrected chi connectivity index (χ3v) is 4.75. The highest BCUT2D eigenvalue weighted by atomic mass is 32.1. The largest absolute Gasteiger partial charge is 0.468 e. The summed E-state index contributed by atoms with van der Waals surface area (Å²) in [6, 6.07) is 4.48. The minimum absolute atomic E-state index is 0.0115. The van der Waals surface area contributed by atoms with Crippen molar-refractivity contribution in [2.24, 2.45) is 4.99 Å². The van der Waals surface area contributed by atoms with Gasteiger partial charge in [0.2, 0.25) is 11.0 Å². The second-order valence-corrected chi connectivity index (χ2v) is 6.68. The first-order valence-electron chi connectivity index (χ1n) is 7.73. The third-order valence-electron chi connectivity index (χ3n) is 3.84. The number of nitrogens with one attached hydrogen (secondary N) is 1. The van der Waals surface area contributed by atoms with E-state index in [0.717, 1.165) is 0 Å². The fraction of sp³-hybridized carbons (Fsp3) is 0.188. The van der Waals surface area contributed by atoms with Crippen LogP contribution in [0.15, 0.2) is 47.2 Å². The van der Waals surface area contributed by atoms with Gasteiger partial charge in [-0.3, -0.25) is 20.3 Å². The zero-order valence-corrected chi connectivity index (χ0v) is 14.4. The Morgan fingerprint density at radius 1 is 1.54 bits per heavy atom. The lowest BCUT2D eigenvalue weighted by Gasteiger charge is -2.24. The maximum Gasteiger partial charge on any atom is 0.270 e. The standard InChI is InChI=1S/C16H13N5O4S/c1-9(22)20-15(25-11-3-2-4-11)8-14(19-20)18-16-17-12-6-5-10(21(23)24)7-13(12)26-16/h2-7,15H,8H2,1H3,(H,17,18,19). The van der Waals surface area contributed by atoms with Crippen molar-refractivity contribution in [3.63, 3.8) is 0 Å². The van der Waals surface area contributed by atoms with E-state index < -0.39 is 11.2 Å². The average molecular weight is 371 g/mol. The van der Waals surface area contributed by atoms with Crippen LogP contribution in [0.3, 0.4) is 0 Å². The van der Waals surface area contributed by atoms with Crippen LogP contribution in [0.25, 0.3) is 10.2 Å². The number of carbonyl (C=O) groups excluding carboxylic acids is 1. The Bertz CT molecular complexity index is 1010. The molecule has 2 aliphatic rings. The van der Waals surface area contributed by atoms with Crippen molar-refractivity contribution < 1.29 is 14.5 Å². The number of non-ortho nitro benzene ring substituents is 1. The molecule has 0 radical (unpaired) electrons. The predicted octanol–water partition coefficient (Wildman–Crippen LogP) is 2.79. The van der Waals surface area contributed by atoms with Crippen LogP contribution in [-0.4, -0.2) is 32.9 Å². The second-order valence-electron chi connectivity index (χ2n) is 5.67. The van der Waals surface area contributed by atoms with Crippen molar-refractivity contribution in [1.29, 1.82) is 0 Å². The van der Waals surface area contributed by atoms with E-state index in [4.69, 9.17) is 4.74 Å². The van der Waals surface area contributed by atoms with Gasteiger partial charge < -0.3 is 4.74 Å². The zero-order chi connectivity index (χ0) is 18.3. The summed E-state index contributed by atoms with van der Waals surface area (Å²) < 4.78 is 6.41. The number of hydrazine groups is 1. The summed E-state index contributed by atoms with van der Waals surface area (Å²) in [5.41, 5.74) is 3.58. The van der Waals surface area contributed by atoms with Crippen molar-refractivity contribution >= 4 is 44.1 Å². The molecule has 1 atom stereocenters. The number of hydrogen-bond acceptors (Lipinski definition) is 7. The number of amidine groups is 1. The quantitative estimate of drug-likeness (QED) is 0.654. The van der Waals surface area contributed by atoms with Crippen LogP contribution >= 0.6 is 11.3 Å². The minimum Gasteiger partial charge on any atom is -0.468 e. The highest BCUT2D eigenvalue weighted by molar-refractivity contribution is 7.22. The van der Waals surface area contributed by atoms with Crippen LogP contribution in [0.2, 0.25) is 0 Å². The number of amides is 1. The molecular formula is C16H13N5O4S. The van der Waals surface area contributed by atoms with Crippen LogP contribution in [-0.2, 0) is 9.53 Å². The summed E-state index contributed by atoms with van der Waals surface area (Å²) in [7, 11) is 0. The van der Waals surface area contributed by atoms with Crippen molar-refractivity contribution in [3.05, 3.63) is 52.3 Å². The Morgan fingerprint density at radius 3 is 3.00 bits per heavy atom. The number of allylic oxidation sites excluding steroid dienone is 3. The molecule has 9 nitrogen and oxygen atoms in total. The van der Waals surface area contributed by atoms with E-state index in [1.54, 1.807) is 6.07 Å². The van der Waals surface area contributed by atoms with Crippen LogP contribution in [0, 0.1) is 10.1 Å². The number of ether oxygens (including phenoxy) is 1. The summed E-state index contributed by atoms with van der Waals surface area (Å²) in [6.07, 6.45) is 5.38. The molecule has 1 aliphatic carbocycles. The first-order valence-corrected chi connectivity index (χ1v) is 8.55. The Labute approximate surface area is 151 Å². The van der Waals surface area contributed by atoms with Gasteiger partial charge in [0.15, 0.2) is 6.23 Å². The van der Waals surface area contributed by atoms with Gasteiger partial charge in [0.05, 0.1) is 21.6 Å². The van der Waals surface area contributed by atoms with Crippen LogP contribution < -0.4 is 5.43 Å². The number of aromatic nitrogens is 1. The van der Waals surface area contributed by atoms with Gasteiger partial charge in [-0.2, -0.15) is 0 Å². The van der Waals surface area contributed by atoms with Crippen LogP contribution in [0.1, 0.15) is 13.3 Å². The van der Waals surface area contributed by atoms with Crippen molar-refractivity contribution in [3.8, 4) is 0 Å². The van der Waals surface area contributed by atoms with E-state index in [1.807, 2.05) is 18.2 Å². The molecule has 0 spiro atoms. The number of nitrogens with zero attached hydrogens (tertiary/aromatic N) is 4. The van der Waals surface area contributed by atoms with Gasteiger partial charge in [0.25, 0.3) is 5.69 Å². The van der Waals surface area contributed by atoms with Gasteiger partial charge in [-0.1, -0.05) is 17.4 Å². The predicted molar refractivity (Wildman–Crippen MR) is 95.7 cm³/mol. The molecule has 1 fully saturated rings. The van der Waals surface area contributed by atoms with Gasteiger partial charge in [-0.15, -0.1) is 0 Å². The Morgan fingerprint density at radius 2 is 2.35 bits per heavy atom. The fourth-order valence-electron chi connectivity index (χ4n) is 2.55. The number of nitro benzene ring substituents is 1. The molecule has 1 N–H and O–H groups in total. The highest BCUT2D eigenvalue weighted by Crippen LogP contribution is 2.31. The normalized spacial score (nSPS) is 20.0. The van der Waals surface area contributed by atoms with E-state index in [0.29, 0.717) is 33.4 Å². The lowest BCUT2D eigenvalue weighted by molar-refractivity contribution is -0.384. The van der Waals surface area contributed by atoms with Crippen molar-refractivity contribution in [2.45, 2.75) is 19.6 Å². The van der Waals surface area contributed by atoms with E-state index in [-0.39, 0.29) is 11.6 Å². The summed E-state index contributed by atoms with van der Waals surface area (Å²) in [4.78, 5) is 31.0. The molecule has 132 valence electrons. The number of aliphatic imine (C=N–C) groups is 1. The lowest BCUT2D eigenvalue weighted by Crippen LogP contribution is -2.42. The Hall–Kier alpha value is -3.27. The number of carbonyl (C=O) groups is 1. The molecule has 1 aliphatic heterocycles. The number of thiazole rings is 1. The SMILES string of the molecule is CC(=O)N1NC(=Nc2nc3ccc([N+](=O)[O-])cc3s2)CC1OC1=CC=C1. The van der Waals surface area contributed by atoms with Crippen molar-refractivity contribution in [1.82, 2.24) is 15.4 Å². The monoisotopic (exact) mass is 371 g/mol. The lowest BCUT2D eigenvalue weighted by atomic mass is 10.2.